The van der Waals surface area contributed by atoms with Crippen LogP contribution in [-0.4, -0.2) is 19.3 Å². The normalized spacial score (nSPS) is 25.8. The van der Waals surface area contributed by atoms with Crippen LogP contribution < -0.4 is 5.32 Å². The minimum absolute atomic E-state index is 0.546. The summed E-state index contributed by atoms with van der Waals surface area (Å²) in [6, 6.07) is 0. The van der Waals surface area contributed by atoms with Crippen LogP contribution in [0.2, 0.25) is 0 Å². The van der Waals surface area contributed by atoms with E-state index < -0.39 is 6.17 Å². The summed E-state index contributed by atoms with van der Waals surface area (Å²) in [6.07, 6.45) is -0.546. The Morgan fingerprint density at radius 2 is 2.00 bits per heavy atom. The predicted molar refractivity (Wildman–Crippen MR) is 17.8 cm³/mol. The second kappa shape index (κ2) is 0.937. The van der Waals surface area contributed by atoms with Crippen LogP contribution in [0.1, 0.15) is 0 Å². The zero-order valence-corrected chi connectivity index (χ0v) is 2.87. The lowest BCUT2D eigenvalue weighted by Gasteiger charge is -2.17. The minimum Gasteiger partial charge on any atom is -0.311 e. The molecule has 1 N–H and O–H groups in total. The Kier molecular flexibility index (Phi) is 0.580. The van der Waals surface area contributed by atoms with E-state index in [2.05, 4.69) is 5.32 Å². The highest BCUT2D eigenvalue weighted by Gasteiger charge is 2.12. The monoisotopic (exact) mass is 74.1 g/mol. The van der Waals surface area contributed by atoms with Crippen molar-refractivity contribution in [3.63, 3.8) is 0 Å². The number of rotatable bonds is 0. The van der Waals surface area contributed by atoms with Crippen LogP contribution in [0.5, 0.6) is 0 Å². The lowest BCUT2D eigenvalue weighted by atomic mass is 10.3. The topological polar surface area (TPSA) is 12.0 Å². The third-order valence-electron chi connectivity index (χ3n) is 0.732. The maximum Gasteiger partial charge on any atom is 0.125 e. The standard InChI is InChI=1S/C3H6FN/c4-3-1-5-2-3/h3,5H,1-2H2/i4-1. The van der Waals surface area contributed by atoms with Gasteiger partial charge in [0.25, 0.3) is 0 Å². The minimum atomic E-state index is -0.546. The maximum absolute atomic E-state index is 11.5. The van der Waals surface area contributed by atoms with Gasteiger partial charge in [-0.1, -0.05) is 0 Å². The average molecular weight is 74.1 g/mol. The van der Waals surface area contributed by atoms with E-state index in [1.165, 1.54) is 0 Å². The van der Waals surface area contributed by atoms with Gasteiger partial charge in [-0.25, -0.2) is 4.39 Å². The molecule has 1 heterocycles. The van der Waals surface area contributed by atoms with E-state index in [9.17, 15) is 4.39 Å². The molecule has 1 aliphatic heterocycles. The number of hydrogen-bond donors (Lipinski definition) is 1. The summed E-state index contributed by atoms with van der Waals surface area (Å²) < 4.78 is 11.5. The Labute approximate surface area is 30.2 Å². The number of alkyl halides is 1. The second-order valence-electron chi connectivity index (χ2n) is 1.26. The summed E-state index contributed by atoms with van der Waals surface area (Å²) in [5.74, 6) is 0. The van der Waals surface area contributed by atoms with Crippen LogP contribution >= 0.6 is 0 Å². The molecule has 1 nitrogen and oxygen atoms in total. The first-order chi connectivity index (χ1) is 2.39. The number of halogens is 1. The fraction of sp³-hybridized carbons (Fsp3) is 1.00. The highest BCUT2D eigenvalue weighted by molar-refractivity contribution is 4.71. The molecule has 30 valence electrons. The molecule has 1 fully saturated rings. The van der Waals surface area contributed by atoms with Crippen LogP contribution in [0.4, 0.5) is 4.39 Å². The molecule has 0 radical (unpaired) electrons. The summed E-state index contributed by atoms with van der Waals surface area (Å²) in [6.45, 7) is 1.14. The van der Waals surface area contributed by atoms with Crippen molar-refractivity contribution in [3.8, 4) is 0 Å². The molecule has 0 aromatic carbocycles. The molecular formula is C3H6FN. The predicted octanol–water partition coefficient (Wildman–Crippen LogP) is -0.0723. The van der Waals surface area contributed by atoms with Gasteiger partial charge in [0.2, 0.25) is 0 Å². The molecule has 1 aliphatic rings. The molecule has 1 saturated heterocycles. The zero-order valence-electron chi connectivity index (χ0n) is 2.87. The van der Waals surface area contributed by atoms with E-state index in [4.69, 9.17) is 0 Å². The summed E-state index contributed by atoms with van der Waals surface area (Å²) in [5, 5.41) is 2.79. The van der Waals surface area contributed by atoms with Gasteiger partial charge in [-0.15, -0.1) is 0 Å². The molecule has 5 heavy (non-hydrogen) atoms. The smallest absolute Gasteiger partial charge is 0.125 e. The van der Waals surface area contributed by atoms with E-state index >= 15 is 0 Å². The van der Waals surface area contributed by atoms with E-state index in [-0.39, 0.29) is 0 Å². The molecule has 0 spiro atoms. The fourth-order valence-electron chi connectivity index (χ4n) is 0.253. The third-order valence-corrected chi connectivity index (χ3v) is 0.732. The van der Waals surface area contributed by atoms with Gasteiger partial charge in [0, 0.05) is 13.1 Å². The Hall–Kier alpha value is -0.110. The molecule has 0 bridgehead atoms. The van der Waals surface area contributed by atoms with Crippen LogP contribution in [0.25, 0.3) is 0 Å². The molecular weight excluding hydrogens is 68.0 g/mol. The van der Waals surface area contributed by atoms with E-state index in [0.29, 0.717) is 13.1 Å². The number of nitrogens with one attached hydrogen (secondary N) is 1. The van der Waals surface area contributed by atoms with Gasteiger partial charge in [0.05, 0.1) is 0 Å². The summed E-state index contributed by atoms with van der Waals surface area (Å²) in [4.78, 5) is 0. The SMILES string of the molecule is [18F]C1CNC1. The van der Waals surface area contributed by atoms with E-state index in [1.54, 1.807) is 0 Å². The molecule has 0 unspecified atom stereocenters. The largest absolute Gasteiger partial charge is 0.311 e. The van der Waals surface area contributed by atoms with Crippen LogP contribution in [0, 0.1) is 0 Å². The first-order valence-electron chi connectivity index (χ1n) is 1.74. The summed E-state index contributed by atoms with van der Waals surface area (Å²) in [7, 11) is 0. The van der Waals surface area contributed by atoms with E-state index in [0.717, 1.165) is 0 Å². The van der Waals surface area contributed by atoms with Crippen LogP contribution in [0.15, 0.2) is 0 Å². The Morgan fingerprint density at radius 1 is 1.60 bits per heavy atom. The van der Waals surface area contributed by atoms with E-state index in [1.807, 2.05) is 0 Å². The molecule has 0 aliphatic carbocycles. The van der Waals surface area contributed by atoms with Crippen molar-refractivity contribution in [2.24, 2.45) is 0 Å². The quantitative estimate of drug-likeness (QED) is 0.424. The van der Waals surface area contributed by atoms with Crippen molar-refractivity contribution in [2.75, 3.05) is 13.1 Å². The third kappa shape index (κ3) is 0.401. The molecule has 0 saturated carbocycles. The van der Waals surface area contributed by atoms with Crippen LogP contribution in [-0.2, 0) is 0 Å². The van der Waals surface area contributed by atoms with Gasteiger partial charge >= 0.3 is 0 Å². The molecule has 0 aromatic heterocycles. The van der Waals surface area contributed by atoms with Crippen molar-refractivity contribution < 1.29 is 4.39 Å². The highest BCUT2D eigenvalue weighted by atomic mass is 18.2. The van der Waals surface area contributed by atoms with Gasteiger partial charge in [0.15, 0.2) is 0 Å². The average Bonchev–Trinajstić information content (AvgIpc) is 1.30. The lowest BCUT2D eigenvalue weighted by Crippen LogP contribution is -2.43. The van der Waals surface area contributed by atoms with Gasteiger partial charge in [-0.3, -0.25) is 0 Å². The zero-order chi connectivity index (χ0) is 3.70. The second-order valence-corrected chi connectivity index (χ2v) is 1.26. The Morgan fingerprint density at radius 3 is 2.00 bits per heavy atom. The fourth-order valence-corrected chi connectivity index (χ4v) is 0.253. The first kappa shape index (κ1) is 3.09. The molecule has 0 atom stereocenters. The van der Waals surface area contributed by atoms with Crippen molar-refractivity contribution in [1.82, 2.24) is 5.32 Å². The van der Waals surface area contributed by atoms with Crippen LogP contribution in [0.3, 0.4) is 0 Å². The molecule has 2 heteroatoms. The van der Waals surface area contributed by atoms with Crippen molar-refractivity contribution in [2.45, 2.75) is 6.17 Å². The first-order valence-corrected chi connectivity index (χ1v) is 1.74. The van der Waals surface area contributed by atoms with Crippen molar-refractivity contribution >= 4 is 0 Å². The van der Waals surface area contributed by atoms with Gasteiger partial charge in [-0.05, 0) is 0 Å². The Balaban J connectivity index is 2.08. The summed E-state index contributed by atoms with van der Waals surface area (Å²) >= 11 is 0. The highest BCUT2D eigenvalue weighted by Crippen LogP contribution is 1.92. The Bertz CT molecular complexity index is 33.9. The molecule has 0 amide bonds. The molecule has 0 aromatic rings. The van der Waals surface area contributed by atoms with Crippen molar-refractivity contribution in [1.29, 1.82) is 0 Å². The van der Waals surface area contributed by atoms with Gasteiger partial charge < -0.3 is 5.32 Å². The van der Waals surface area contributed by atoms with Crippen molar-refractivity contribution in [3.05, 3.63) is 0 Å². The summed E-state index contributed by atoms with van der Waals surface area (Å²) in [5.41, 5.74) is 0. The van der Waals surface area contributed by atoms with Gasteiger partial charge in [0.1, 0.15) is 6.17 Å². The van der Waals surface area contributed by atoms with Gasteiger partial charge in [-0.2, -0.15) is 0 Å². The lowest BCUT2D eigenvalue weighted by molar-refractivity contribution is 0.237. The number of hydrogen-bond acceptors (Lipinski definition) is 1. The molecule has 1 rings (SSSR count). The maximum atomic E-state index is 11.5.